The Morgan fingerprint density at radius 1 is 1.05 bits per heavy atom. The van der Waals surface area contributed by atoms with E-state index in [4.69, 9.17) is 11.6 Å². The monoisotopic (exact) mass is 309 g/mol. The van der Waals surface area contributed by atoms with E-state index < -0.39 is 0 Å². The summed E-state index contributed by atoms with van der Waals surface area (Å²) in [5, 5.41) is 18.1. The summed E-state index contributed by atoms with van der Waals surface area (Å²) in [6.45, 7) is 1.92. The average Bonchev–Trinajstić information content (AvgIpc) is 2.85. The van der Waals surface area contributed by atoms with Gasteiger partial charge in [0.05, 0.1) is 28.1 Å². The van der Waals surface area contributed by atoms with Crippen molar-refractivity contribution in [3.8, 4) is 11.4 Å². The van der Waals surface area contributed by atoms with E-state index in [0.29, 0.717) is 5.02 Å². The SMILES string of the molecule is Cc1nn(-c2cncc(Cl)c2)c2c1cc(O)c1ccccc12. The fraction of sp³-hybridized carbons (Fsp3) is 0.0588. The van der Waals surface area contributed by atoms with Crippen LogP contribution >= 0.6 is 11.6 Å². The molecule has 0 aliphatic carbocycles. The summed E-state index contributed by atoms with van der Waals surface area (Å²) < 4.78 is 1.82. The van der Waals surface area contributed by atoms with Gasteiger partial charge in [-0.05, 0) is 19.1 Å². The number of aryl methyl sites for hydroxylation is 1. The molecule has 5 heteroatoms. The van der Waals surface area contributed by atoms with E-state index in [1.54, 1.807) is 18.5 Å². The zero-order valence-electron chi connectivity index (χ0n) is 11.8. The minimum atomic E-state index is 0.259. The summed E-state index contributed by atoms with van der Waals surface area (Å²) in [7, 11) is 0. The van der Waals surface area contributed by atoms with Gasteiger partial charge in [0.1, 0.15) is 5.75 Å². The Hall–Kier alpha value is -2.59. The molecule has 4 rings (SSSR count). The Balaban J connectivity index is 2.19. The van der Waals surface area contributed by atoms with Gasteiger partial charge in [-0.1, -0.05) is 35.9 Å². The van der Waals surface area contributed by atoms with Gasteiger partial charge in [-0.3, -0.25) is 4.98 Å². The minimum Gasteiger partial charge on any atom is -0.507 e. The van der Waals surface area contributed by atoms with E-state index >= 15 is 0 Å². The summed E-state index contributed by atoms with van der Waals surface area (Å²) in [4.78, 5) is 4.13. The fourth-order valence-corrected chi connectivity index (χ4v) is 2.97. The molecule has 0 aliphatic heterocycles. The van der Waals surface area contributed by atoms with Gasteiger partial charge < -0.3 is 5.11 Å². The topological polar surface area (TPSA) is 50.9 Å². The van der Waals surface area contributed by atoms with Crippen molar-refractivity contribution in [2.75, 3.05) is 0 Å². The Kier molecular flexibility index (Phi) is 2.81. The predicted octanol–water partition coefficient (Wildman–Crippen LogP) is 4.24. The van der Waals surface area contributed by atoms with E-state index in [1.165, 1.54) is 0 Å². The zero-order chi connectivity index (χ0) is 15.3. The highest BCUT2D eigenvalue weighted by Crippen LogP contribution is 2.35. The van der Waals surface area contributed by atoms with Crippen molar-refractivity contribution in [3.05, 3.63) is 59.5 Å². The molecule has 0 aliphatic rings. The molecule has 2 heterocycles. The highest BCUT2D eigenvalue weighted by atomic mass is 35.5. The molecule has 2 aromatic heterocycles. The number of hydrogen-bond acceptors (Lipinski definition) is 3. The highest BCUT2D eigenvalue weighted by Gasteiger charge is 2.15. The lowest BCUT2D eigenvalue weighted by atomic mass is 10.1. The molecule has 4 aromatic rings. The smallest absolute Gasteiger partial charge is 0.124 e. The van der Waals surface area contributed by atoms with Crippen molar-refractivity contribution in [2.24, 2.45) is 0 Å². The van der Waals surface area contributed by atoms with Crippen LogP contribution in [-0.2, 0) is 0 Å². The van der Waals surface area contributed by atoms with Crippen LogP contribution in [0.4, 0.5) is 0 Å². The number of phenols is 1. The van der Waals surface area contributed by atoms with Gasteiger partial charge in [-0.25, -0.2) is 4.68 Å². The first-order valence-corrected chi connectivity index (χ1v) is 7.24. The van der Waals surface area contributed by atoms with Crippen LogP contribution in [0.25, 0.3) is 27.4 Å². The van der Waals surface area contributed by atoms with Gasteiger partial charge in [0.25, 0.3) is 0 Å². The van der Waals surface area contributed by atoms with E-state index in [0.717, 1.165) is 33.1 Å². The molecule has 0 radical (unpaired) electrons. The lowest BCUT2D eigenvalue weighted by Crippen LogP contribution is -1.97. The predicted molar refractivity (Wildman–Crippen MR) is 87.8 cm³/mol. The maximum absolute atomic E-state index is 10.2. The second-order valence-electron chi connectivity index (χ2n) is 5.20. The van der Waals surface area contributed by atoms with Crippen LogP contribution in [0, 0.1) is 6.92 Å². The number of aromatic nitrogens is 3. The van der Waals surface area contributed by atoms with E-state index in [9.17, 15) is 5.11 Å². The van der Waals surface area contributed by atoms with Crippen LogP contribution in [0.1, 0.15) is 5.69 Å². The number of benzene rings is 2. The lowest BCUT2D eigenvalue weighted by Gasteiger charge is -2.07. The third-order valence-electron chi connectivity index (χ3n) is 3.78. The number of halogens is 1. The number of nitrogens with zero attached hydrogens (tertiary/aromatic N) is 3. The Morgan fingerprint density at radius 2 is 1.82 bits per heavy atom. The Morgan fingerprint density at radius 3 is 2.59 bits per heavy atom. The summed E-state index contributed by atoms with van der Waals surface area (Å²) in [6, 6.07) is 11.3. The van der Waals surface area contributed by atoms with E-state index in [1.807, 2.05) is 41.9 Å². The molecule has 0 saturated carbocycles. The molecule has 0 unspecified atom stereocenters. The van der Waals surface area contributed by atoms with Crippen LogP contribution in [-0.4, -0.2) is 19.9 Å². The molecule has 1 N–H and O–H groups in total. The van der Waals surface area contributed by atoms with Crippen LogP contribution in [0.15, 0.2) is 48.8 Å². The first-order valence-electron chi connectivity index (χ1n) is 6.86. The first-order chi connectivity index (χ1) is 10.6. The molecule has 0 bridgehead atoms. The van der Waals surface area contributed by atoms with Gasteiger partial charge in [-0.15, -0.1) is 0 Å². The molecule has 22 heavy (non-hydrogen) atoms. The summed E-state index contributed by atoms with van der Waals surface area (Å²) in [5.74, 6) is 0.259. The first kappa shape index (κ1) is 13.1. The Bertz CT molecular complexity index is 1020. The maximum Gasteiger partial charge on any atom is 0.124 e. The summed E-state index contributed by atoms with van der Waals surface area (Å²) >= 11 is 6.05. The van der Waals surface area contributed by atoms with Crippen LogP contribution in [0.3, 0.4) is 0 Å². The van der Waals surface area contributed by atoms with Crippen molar-refractivity contribution in [1.82, 2.24) is 14.8 Å². The van der Waals surface area contributed by atoms with Crippen molar-refractivity contribution in [2.45, 2.75) is 6.92 Å². The number of fused-ring (bicyclic) bond motifs is 3. The molecule has 0 spiro atoms. The van der Waals surface area contributed by atoms with Gasteiger partial charge >= 0.3 is 0 Å². The third kappa shape index (κ3) is 1.84. The average molecular weight is 310 g/mol. The third-order valence-corrected chi connectivity index (χ3v) is 3.99. The lowest BCUT2D eigenvalue weighted by molar-refractivity contribution is 0.482. The van der Waals surface area contributed by atoms with Gasteiger partial charge in [0.2, 0.25) is 0 Å². The minimum absolute atomic E-state index is 0.259. The molecule has 4 nitrogen and oxygen atoms in total. The van der Waals surface area contributed by atoms with Crippen LogP contribution < -0.4 is 0 Å². The van der Waals surface area contributed by atoms with Crippen molar-refractivity contribution < 1.29 is 5.11 Å². The normalized spacial score (nSPS) is 11.4. The van der Waals surface area contributed by atoms with Crippen molar-refractivity contribution in [3.63, 3.8) is 0 Å². The molecule has 108 valence electrons. The van der Waals surface area contributed by atoms with Gasteiger partial charge in [-0.2, -0.15) is 5.10 Å². The summed E-state index contributed by atoms with van der Waals surface area (Å²) in [5.41, 5.74) is 2.58. The fourth-order valence-electron chi connectivity index (χ4n) is 2.80. The molecular formula is C17H12ClN3O. The molecule has 0 atom stereocenters. The molecule has 0 amide bonds. The second-order valence-corrected chi connectivity index (χ2v) is 5.63. The van der Waals surface area contributed by atoms with Crippen LogP contribution in [0.2, 0.25) is 5.02 Å². The van der Waals surface area contributed by atoms with Gasteiger partial charge in [0.15, 0.2) is 0 Å². The Labute approximate surface area is 131 Å². The maximum atomic E-state index is 10.2. The molecular weight excluding hydrogens is 298 g/mol. The number of phenolic OH excluding ortho intramolecular Hbond substituents is 1. The second kappa shape index (κ2) is 4.71. The largest absolute Gasteiger partial charge is 0.507 e. The molecule has 2 aromatic carbocycles. The molecule has 0 saturated heterocycles. The quantitative estimate of drug-likeness (QED) is 0.572. The number of rotatable bonds is 1. The zero-order valence-corrected chi connectivity index (χ0v) is 12.5. The highest BCUT2D eigenvalue weighted by molar-refractivity contribution is 6.30. The van der Waals surface area contributed by atoms with Crippen LogP contribution in [0.5, 0.6) is 5.75 Å². The van der Waals surface area contributed by atoms with Crippen molar-refractivity contribution in [1.29, 1.82) is 0 Å². The van der Waals surface area contributed by atoms with E-state index in [-0.39, 0.29) is 5.75 Å². The number of hydrogen-bond donors (Lipinski definition) is 1. The standard InChI is InChI=1S/C17H12ClN3O/c1-10-15-7-16(22)13-4-2-3-5-14(13)17(15)21(20-10)12-6-11(18)8-19-9-12/h2-9,22H,1H3. The van der Waals surface area contributed by atoms with E-state index in [2.05, 4.69) is 10.1 Å². The van der Waals surface area contributed by atoms with Crippen molar-refractivity contribution >= 4 is 33.3 Å². The number of aromatic hydroxyl groups is 1. The number of pyridine rings is 1. The molecule has 0 fully saturated rings. The summed E-state index contributed by atoms with van der Waals surface area (Å²) in [6.07, 6.45) is 3.31. The van der Waals surface area contributed by atoms with Gasteiger partial charge in [0, 0.05) is 22.4 Å².